The lowest BCUT2D eigenvalue weighted by atomic mass is 10.1. The highest BCUT2D eigenvalue weighted by Gasteiger charge is 2.21. The largest absolute Gasteiger partial charge is 0.495 e. The molecule has 1 saturated heterocycles. The van der Waals surface area contributed by atoms with Gasteiger partial charge in [0.15, 0.2) is 0 Å². The summed E-state index contributed by atoms with van der Waals surface area (Å²) in [6.45, 7) is 7.83. The minimum atomic E-state index is -1.08. The zero-order valence-electron chi connectivity index (χ0n) is 11.8. The minimum Gasteiger partial charge on any atom is -0.495 e. The number of piperidine rings is 1. The summed E-state index contributed by atoms with van der Waals surface area (Å²) in [4.78, 5) is 27.4. The van der Waals surface area contributed by atoms with Gasteiger partial charge in [0.25, 0.3) is 0 Å². The molecule has 6 heteroatoms. The number of aliphatic imine (C=N–C) groups is 1. The standard InChI is InChI=1S/C14H20N2O4/c1-10(8-12(9-15-3)14(18)19)20-13-4-6-16(7-5-13)11(2)17/h8-9,13H,3-7H2,1-2H3,(H,18,19)/b10-8+,12-9+. The first-order chi connectivity index (χ1) is 9.43. The Morgan fingerprint density at radius 3 is 2.40 bits per heavy atom. The molecule has 0 aromatic carbocycles. The lowest BCUT2D eigenvalue weighted by Crippen LogP contribution is -2.39. The van der Waals surface area contributed by atoms with Crippen molar-refractivity contribution < 1.29 is 19.4 Å². The van der Waals surface area contributed by atoms with Gasteiger partial charge in [-0.05, 0) is 19.7 Å². The molecule has 1 heterocycles. The maximum absolute atomic E-state index is 11.2. The lowest BCUT2D eigenvalue weighted by molar-refractivity contribution is -0.133. The van der Waals surface area contributed by atoms with Crippen LogP contribution < -0.4 is 0 Å². The number of likely N-dealkylation sites (tertiary alicyclic amines) is 1. The molecule has 0 spiro atoms. The van der Waals surface area contributed by atoms with Crippen molar-refractivity contribution in [3.63, 3.8) is 0 Å². The van der Waals surface area contributed by atoms with Crippen LogP contribution in [0.25, 0.3) is 0 Å². The maximum atomic E-state index is 11.2. The van der Waals surface area contributed by atoms with E-state index in [9.17, 15) is 9.59 Å². The van der Waals surface area contributed by atoms with Crippen LogP contribution in [0.15, 0.2) is 28.6 Å². The monoisotopic (exact) mass is 280 g/mol. The van der Waals surface area contributed by atoms with Crippen LogP contribution in [0, 0.1) is 0 Å². The molecule has 0 saturated carbocycles. The normalized spacial score (nSPS) is 17.8. The van der Waals surface area contributed by atoms with Gasteiger partial charge in [0, 0.05) is 39.1 Å². The van der Waals surface area contributed by atoms with Crippen molar-refractivity contribution >= 4 is 18.6 Å². The molecule has 0 atom stereocenters. The van der Waals surface area contributed by atoms with Gasteiger partial charge < -0.3 is 14.7 Å². The number of aliphatic carboxylic acids is 1. The first kappa shape index (κ1) is 15.9. The predicted molar refractivity (Wildman–Crippen MR) is 75.4 cm³/mol. The molecule has 1 fully saturated rings. The van der Waals surface area contributed by atoms with E-state index in [1.165, 1.54) is 12.3 Å². The molecule has 0 aromatic heterocycles. The molecule has 1 amide bonds. The van der Waals surface area contributed by atoms with Crippen LogP contribution in [0.1, 0.15) is 26.7 Å². The fourth-order valence-corrected chi connectivity index (χ4v) is 2.06. The molecule has 6 nitrogen and oxygen atoms in total. The van der Waals surface area contributed by atoms with Gasteiger partial charge in [-0.3, -0.25) is 9.79 Å². The van der Waals surface area contributed by atoms with Crippen LogP contribution in [0.5, 0.6) is 0 Å². The average Bonchev–Trinajstić information content (AvgIpc) is 2.38. The highest BCUT2D eigenvalue weighted by Crippen LogP contribution is 2.17. The quantitative estimate of drug-likeness (QED) is 0.359. The summed E-state index contributed by atoms with van der Waals surface area (Å²) in [6, 6.07) is 0. The number of carbonyl (C=O) groups is 2. The molecule has 1 aliphatic heterocycles. The summed E-state index contributed by atoms with van der Waals surface area (Å²) in [5, 5.41) is 8.95. The van der Waals surface area contributed by atoms with Gasteiger partial charge in [-0.25, -0.2) is 4.79 Å². The van der Waals surface area contributed by atoms with Crippen molar-refractivity contribution in [1.82, 2.24) is 4.90 Å². The van der Waals surface area contributed by atoms with Crippen LogP contribution in [-0.2, 0) is 14.3 Å². The zero-order chi connectivity index (χ0) is 15.1. The topological polar surface area (TPSA) is 79.2 Å². The Labute approximate surface area is 118 Å². The molecule has 0 aliphatic carbocycles. The zero-order valence-corrected chi connectivity index (χ0v) is 11.8. The van der Waals surface area contributed by atoms with Crippen molar-refractivity contribution in [2.75, 3.05) is 13.1 Å². The number of nitrogens with zero attached hydrogens (tertiary/aromatic N) is 2. The second-order valence-corrected chi connectivity index (χ2v) is 4.65. The molecule has 0 unspecified atom stereocenters. The summed E-state index contributed by atoms with van der Waals surface area (Å²) >= 11 is 0. The van der Waals surface area contributed by atoms with Gasteiger partial charge in [-0.15, -0.1) is 0 Å². The van der Waals surface area contributed by atoms with Gasteiger partial charge in [0.1, 0.15) is 6.10 Å². The van der Waals surface area contributed by atoms with E-state index >= 15 is 0 Å². The number of hydrogen-bond donors (Lipinski definition) is 1. The van der Waals surface area contributed by atoms with Crippen molar-refractivity contribution in [2.45, 2.75) is 32.8 Å². The number of carboxylic acids is 1. The van der Waals surface area contributed by atoms with E-state index in [4.69, 9.17) is 9.84 Å². The highest BCUT2D eigenvalue weighted by atomic mass is 16.5. The van der Waals surface area contributed by atoms with Crippen molar-refractivity contribution in [3.05, 3.63) is 23.6 Å². The van der Waals surface area contributed by atoms with E-state index in [0.717, 1.165) is 12.8 Å². The smallest absolute Gasteiger partial charge is 0.337 e. The maximum Gasteiger partial charge on any atom is 0.337 e. The first-order valence-electron chi connectivity index (χ1n) is 6.43. The van der Waals surface area contributed by atoms with E-state index in [0.29, 0.717) is 18.8 Å². The van der Waals surface area contributed by atoms with Crippen molar-refractivity contribution in [2.24, 2.45) is 4.99 Å². The molecule has 1 aliphatic rings. The Kier molecular flexibility index (Phi) is 5.96. The van der Waals surface area contributed by atoms with Crippen molar-refractivity contribution in [1.29, 1.82) is 0 Å². The molecule has 20 heavy (non-hydrogen) atoms. The lowest BCUT2D eigenvalue weighted by Gasteiger charge is -2.31. The van der Waals surface area contributed by atoms with Crippen LogP contribution in [-0.4, -0.2) is 47.8 Å². The van der Waals surface area contributed by atoms with Crippen LogP contribution in [0.3, 0.4) is 0 Å². The number of allylic oxidation sites excluding steroid dienone is 1. The average molecular weight is 280 g/mol. The number of amides is 1. The summed E-state index contributed by atoms with van der Waals surface area (Å²) in [6.07, 6.45) is 4.10. The van der Waals surface area contributed by atoms with Crippen LogP contribution in [0.2, 0.25) is 0 Å². The molecule has 0 aromatic rings. The van der Waals surface area contributed by atoms with E-state index in [-0.39, 0.29) is 17.6 Å². The molecule has 110 valence electrons. The summed E-state index contributed by atoms with van der Waals surface area (Å²) in [5.74, 6) is -0.487. The Hall–Kier alpha value is -2.11. The highest BCUT2D eigenvalue weighted by molar-refractivity contribution is 5.89. The van der Waals surface area contributed by atoms with Gasteiger partial charge in [0.2, 0.25) is 5.91 Å². The minimum absolute atomic E-state index is 0.00795. The molecular formula is C14H20N2O4. The number of hydrogen-bond acceptors (Lipinski definition) is 4. The van der Waals surface area contributed by atoms with Gasteiger partial charge in [-0.1, -0.05) is 0 Å². The Balaban J connectivity index is 2.57. The van der Waals surface area contributed by atoms with Gasteiger partial charge >= 0.3 is 5.97 Å². The third kappa shape index (κ3) is 4.87. The molecule has 0 radical (unpaired) electrons. The predicted octanol–water partition coefficient (Wildman–Crippen LogP) is 1.59. The SMILES string of the molecule is C=N/C=C(\C=C(/C)OC1CCN(C(C)=O)CC1)C(=O)O. The fraction of sp³-hybridized carbons (Fsp3) is 0.500. The van der Waals surface area contributed by atoms with E-state index < -0.39 is 5.97 Å². The number of carbonyl (C=O) groups excluding carboxylic acids is 1. The third-order valence-electron chi connectivity index (χ3n) is 3.08. The summed E-state index contributed by atoms with van der Waals surface area (Å²) < 4.78 is 5.70. The number of rotatable bonds is 5. The molecule has 1 rings (SSSR count). The summed E-state index contributed by atoms with van der Waals surface area (Å²) in [7, 11) is 0. The number of ether oxygens (including phenoxy) is 1. The second-order valence-electron chi connectivity index (χ2n) is 4.65. The molecular weight excluding hydrogens is 260 g/mol. The molecule has 0 bridgehead atoms. The van der Waals surface area contributed by atoms with E-state index in [1.54, 1.807) is 18.7 Å². The van der Waals surface area contributed by atoms with Gasteiger partial charge in [-0.2, -0.15) is 0 Å². The van der Waals surface area contributed by atoms with Crippen LogP contribution in [0.4, 0.5) is 0 Å². The fourth-order valence-electron chi connectivity index (χ4n) is 2.06. The summed E-state index contributed by atoms with van der Waals surface area (Å²) in [5.41, 5.74) is 0.0265. The Bertz CT molecular complexity index is 446. The third-order valence-corrected chi connectivity index (χ3v) is 3.08. The van der Waals surface area contributed by atoms with E-state index in [2.05, 4.69) is 11.7 Å². The number of carboxylic acid groups (broad SMARTS) is 1. The van der Waals surface area contributed by atoms with Crippen molar-refractivity contribution in [3.8, 4) is 0 Å². The van der Waals surface area contributed by atoms with Gasteiger partial charge in [0.05, 0.1) is 11.3 Å². The second kappa shape index (κ2) is 7.47. The Morgan fingerprint density at radius 1 is 1.35 bits per heavy atom. The van der Waals surface area contributed by atoms with E-state index in [1.807, 2.05) is 0 Å². The van der Waals surface area contributed by atoms with Crippen LogP contribution >= 0.6 is 0 Å². The first-order valence-corrected chi connectivity index (χ1v) is 6.43. The Morgan fingerprint density at radius 2 is 1.95 bits per heavy atom. The molecule has 1 N–H and O–H groups in total.